The van der Waals surface area contributed by atoms with Gasteiger partial charge in [-0.05, 0) is 43.2 Å². The van der Waals surface area contributed by atoms with E-state index in [2.05, 4.69) is 31.9 Å². The van der Waals surface area contributed by atoms with Crippen molar-refractivity contribution in [2.24, 2.45) is 0 Å². The van der Waals surface area contributed by atoms with E-state index in [9.17, 15) is 9.18 Å². The highest BCUT2D eigenvalue weighted by molar-refractivity contribution is 9.10. The Bertz CT molecular complexity index is 689. The van der Waals surface area contributed by atoms with Gasteiger partial charge in [0.05, 0.1) is 17.7 Å². The van der Waals surface area contributed by atoms with Gasteiger partial charge in [0, 0.05) is 9.80 Å². The van der Waals surface area contributed by atoms with Crippen molar-refractivity contribution in [3.05, 3.63) is 63.9 Å². The molecule has 0 atom stereocenters. The number of unbranched alkanes of at least 4 members (excludes halogenated alkanes) is 3. The Morgan fingerprint density at radius 1 is 1.00 bits per heavy atom. The maximum Gasteiger partial charge on any atom is 0.199 e. The first-order valence-electron chi connectivity index (χ1n) is 7.91. The van der Waals surface area contributed by atoms with E-state index in [-0.39, 0.29) is 11.3 Å². The van der Waals surface area contributed by atoms with Crippen molar-refractivity contribution in [1.82, 2.24) is 0 Å². The predicted octanol–water partition coefficient (Wildman–Crippen LogP) is 6.15. The standard InChI is InChI=1S/C19H19Br2FO2/c20-11-5-1-2-6-12-24-18-8-4-3-7-16(18)19(23)15-10-9-14(21)13-17(15)22/h3-4,7-10,13H,1-2,5-6,11-12H2. The van der Waals surface area contributed by atoms with Crippen molar-refractivity contribution < 1.29 is 13.9 Å². The smallest absolute Gasteiger partial charge is 0.199 e. The average Bonchev–Trinajstić information content (AvgIpc) is 2.58. The third-order valence-electron chi connectivity index (χ3n) is 3.59. The minimum absolute atomic E-state index is 0.0478. The van der Waals surface area contributed by atoms with Crippen LogP contribution >= 0.6 is 31.9 Å². The van der Waals surface area contributed by atoms with Crippen LogP contribution in [-0.4, -0.2) is 17.7 Å². The zero-order valence-corrected chi connectivity index (χ0v) is 16.4. The summed E-state index contributed by atoms with van der Waals surface area (Å²) < 4.78 is 20.4. The van der Waals surface area contributed by atoms with Crippen LogP contribution in [0, 0.1) is 5.82 Å². The molecule has 0 bridgehead atoms. The maximum absolute atomic E-state index is 14.0. The van der Waals surface area contributed by atoms with Crippen molar-refractivity contribution in [3.63, 3.8) is 0 Å². The van der Waals surface area contributed by atoms with E-state index in [0.717, 1.165) is 31.0 Å². The lowest BCUT2D eigenvalue weighted by molar-refractivity contribution is 0.103. The summed E-state index contributed by atoms with van der Waals surface area (Å²) in [6.07, 6.45) is 4.32. The normalized spacial score (nSPS) is 10.6. The summed E-state index contributed by atoms with van der Waals surface area (Å²) in [5.74, 6) is -0.404. The van der Waals surface area contributed by atoms with Crippen LogP contribution < -0.4 is 4.74 Å². The fourth-order valence-electron chi connectivity index (χ4n) is 2.33. The molecule has 0 spiro atoms. The Morgan fingerprint density at radius 3 is 2.50 bits per heavy atom. The number of rotatable bonds is 9. The van der Waals surface area contributed by atoms with Gasteiger partial charge in [0.25, 0.3) is 0 Å². The van der Waals surface area contributed by atoms with E-state index in [4.69, 9.17) is 4.74 Å². The molecule has 0 aromatic heterocycles. The number of ketones is 1. The van der Waals surface area contributed by atoms with Gasteiger partial charge in [0.2, 0.25) is 0 Å². The molecule has 0 radical (unpaired) electrons. The van der Waals surface area contributed by atoms with E-state index in [1.165, 1.54) is 12.1 Å². The number of alkyl halides is 1. The maximum atomic E-state index is 14.0. The highest BCUT2D eigenvalue weighted by Gasteiger charge is 2.18. The quantitative estimate of drug-likeness (QED) is 0.256. The van der Waals surface area contributed by atoms with Gasteiger partial charge >= 0.3 is 0 Å². The van der Waals surface area contributed by atoms with Crippen LogP contribution in [0.5, 0.6) is 5.75 Å². The third-order valence-corrected chi connectivity index (χ3v) is 4.65. The highest BCUT2D eigenvalue weighted by atomic mass is 79.9. The fourth-order valence-corrected chi connectivity index (χ4v) is 3.06. The van der Waals surface area contributed by atoms with Crippen LogP contribution in [0.3, 0.4) is 0 Å². The van der Waals surface area contributed by atoms with Gasteiger partial charge < -0.3 is 4.74 Å². The van der Waals surface area contributed by atoms with Crippen LogP contribution in [0.1, 0.15) is 41.6 Å². The second-order valence-corrected chi connectivity index (χ2v) is 7.11. The molecule has 2 aromatic carbocycles. The monoisotopic (exact) mass is 456 g/mol. The predicted molar refractivity (Wildman–Crippen MR) is 102 cm³/mol. The summed E-state index contributed by atoms with van der Waals surface area (Å²) in [5.41, 5.74) is 0.436. The summed E-state index contributed by atoms with van der Waals surface area (Å²) in [7, 11) is 0. The van der Waals surface area contributed by atoms with Crippen LogP contribution in [0.15, 0.2) is 46.9 Å². The molecular weight excluding hydrogens is 439 g/mol. The number of hydrogen-bond donors (Lipinski definition) is 0. The molecule has 2 nitrogen and oxygen atoms in total. The first-order chi connectivity index (χ1) is 11.6. The lowest BCUT2D eigenvalue weighted by atomic mass is 10.0. The lowest BCUT2D eigenvalue weighted by Gasteiger charge is -2.11. The number of carbonyl (C=O) groups is 1. The summed E-state index contributed by atoms with van der Waals surface area (Å²) >= 11 is 6.61. The second-order valence-electron chi connectivity index (χ2n) is 5.40. The van der Waals surface area contributed by atoms with Gasteiger partial charge in [-0.25, -0.2) is 4.39 Å². The van der Waals surface area contributed by atoms with Gasteiger partial charge in [-0.2, -0.15) is 0 Å². The first-order valence-corrected chi connectivity index (χ1v) is 9.82. The number of hydrogen-bond acceptors (Lipinski definition) is 2. The summed E-state index contributed by atoms with van der Waals surface area (Å²) in [6.45, 7) is 0.551. The van der Waals surface area contributed by atoms with Crippen LogP contribution in [0.4, 0.5) is 4.39 Å². The topological polar surface area (TPSA) is 26.3 Å². The molecule has 0 saturated heterocycles. The number of ether oxygens (including phenoxy) is 1. The number of para-hydroxylation sites is 1. The fraction of sp³-hybridized carbons (Fsp3) is 0.316. The molecule has 2 aromatic rings. The first kappa shape index (κ1) is 19.1. The average molecular weight is 458 g/mol. The zero-order chi connectivity index (χ0) is 17.4. The molecule has 24 heavy (non-hydrogen) atoms. The van der Waals surface area contributed by atoms with Crippen molar-refractivity contribution in [2.45, 2.75) is 25.7 Å². The van der Waals surface area contributed by atoms with Gasteiger partial charge in [0.15, 0.2) is 5.78 Å². The number of halogens is 3. The molecule has 5 heteroatoms. The molecule has 0 N–H and O–H groups in total. The third kappa shape index (κ3) is 5.42. The number of carbonyl (C=O) groups excluding carboxylic acids is 1. The molecule has 0 fully saturated rings. The highest BCUT2D eigenvalue weighted by Crippen LogP contribution is 2.24. The summed E-state index contributed by atoms with van der Waals surface area (Å²) in [4.78, 5) is 12.6. The van der Waals surface area contributed by atoms with E-state index < -0.39 is 5.82 Å². The van der Waals surface area contributed by atoms with Crippen LogP contribution in [0.2, 0.25) is 0 Å². The molecular formula is C19H19Br2FO2. The largest absolute Gasteiger partial charge is 0.493 e. The van der Waals surface area contributed by atoms with Gasteiger partial charge in [-0.1, -0.05) is 56.8 Å². The second kappa shape index (κ2) is 9.94. The van der Waals surface area contributed by atoms with E-state index in [0.29, 0.717) is 22.4 Å². The van der Waals surface area contributed by atoms with Gasteiger partial charge in [0.1, 0.15) is 11.6 Å². The SMILES string of the molecule is O=C(c1ccc(Br)cc1F)c1ccccc1OCCCCCCBr. The Kier molecular flexibility index (Phi) is 7.92. The zero-order valence-electron chi connectivity index (χ0n) is 13.2. The van der Waals surface area contributed by atoms with Crippen LogP contribution in [0.25, 0.3) is 0 Å². The molecule has 0 aliphatic rings. The summed E-state index contributed by atoms with van der Waals surface area (Å²) in [5, 5.41) is 1.02. The molecule has 0 unspecified atom stereocenters. The molecule has 0 saturated carbocycles. The van der Waals surface area contributed by atoms with Gasteiger partial charge in [-0.3, -0.25) is 4.79 Å². The summed E-state index contributed by atoms with van der Waals surface area (Å²) in [6, 6.07) is 11.4. The molecule has 0 heterocycles. The van der Waals surface area contributed by atoms with E-state index in [1.807, 2.05) is 6.07 Å². The molecule has 128 valence electrons. The van der Waals surface area contributed by atoms with Crippen molar-refractivity contribution in [2.75, 3.05) is 11.9 Å². The number of benzene rings is 2. The van der Waals surface area contributed by atoms with E-state index in [1.54, 1.807) is 24.3 Å². The Labute approximate surface area is 158 Å². The Morgan fingerprint density at radius 2 is 1.75 bits per heavy atom. The molecule has 2 rings (SSSR count). The molecule has 0 aliphatic heterocycles. The minimum atomic E-state index is -0.543. The molecule has 0 amide bonds. The van der Waals surface area contributed by atoms with Gasteiger partial charge in [-0.15, -0.1) is 0 Å². The lowest BCUT2D eigenvalue weighted by Crippen LogP contribution is -2.08. The van der Waals surface area contributed by atoms with Crippen LogP contribution in [-0.2, 0) is 0 Å². The minimum Gasteiger partial charge on any atom is -0.493 e. The van der Waals surface area contributed by atoms with Crippen molar-refractivity contribution in [1.29, 1.82) is 0 Å². The van der Waals surface area contributed by atoms with E-state index >= 15 is 0 Å². The Balaban J connectivity index is 2.06. The molecule has 0 aliphatic carbocycles. The van der Waals surface area contributed by atoms with Crippen molar-refractivity contribution >= 4 is 37.6 Å². The Hall–Kier alpha value is -1.20. The van der Waals surface area contributed by atoms with Crippen molar-refractivity contribution in [3.8, 4) is 5.75 Å².